The van der Waals surface area contributed by atoms with Crippen molar-refractivity contribution in [2.75, 3.05) is 13.7 Å². The number of thiazole rings is 1. The molecule has 4 heteroatoms. The van der Waals surface area contributed by atoms with E-state index in [0.29, 0.717) is 17.3 Å². The van der Waals surface area contributed by atoms with Crippen molar-refractivity contribution in [2.24, 2.45) is 0 Å². The summed E-state index contributed by atoms with van der Waals surface area (Å²) in [6.07, 6.45) is 0.486. The molecule has 0 atom stereocenters. The third-order valence-electron chi connectivity index (χ3n) is 1.11. The van der Waals surface area contributed by atoms with Crippen LogP contribution in [0.1, 0.15) is 12.1 Å². The molecule has 0 amide bonds. The summed E-state index contributed by atoms with van der Waals surface area (Å²) in [5, 5.41) is 10.9. The predicted octanol–water partition coefficient (Wildman–Crippen LogP) is 0.886. The molecular weight excluding hydrogens is 174 g/mol. The van der Waals surface area contributed by atoms with Gasteiger partial charge in [-0.2, -0.15) is 4.98 Å². The number of ether oxygens (including phenoxy) is 1. The van der Waals surface area contributed by atoms with Gasteiger partial charge in [0.25, 0.3) is 5.19 Å². The van der Waals surface area contributed by atoms with Crippen LogP contribution in [-0.2, 0) is 0 Å². The highest BCUT2D eigenvalue weighted by molar-refractivity contribution is 7.11. The molecule has 0 aliphatic rings. The first-order valence-electron chi connectivity index (χ1n) is 3.46. The fourth-order valence-electron chi connectivity index (χ4n) is 0.617. The Hall–Kier alpha value is -1.05. The van der Waals surface area contributed by atoms with Crippen LogP contribution in [0.25, 0.3) is 0 Å². The summed E-state index contributed by atoms with van der Waals surface area (Å²) in [6.45, 7) is 0.0915. The Morgan fingerprint density at radius 3 is 3.17 bits per heavy atom. The van der Waals surface area contributed by atoms with Crippen LogP contribution >= 0.6 is 11.3 Å². The van der Waals surface area contributed by atoms with Gasteiger partial charge in [0.05, 0.1) is 13.7 Å². The maximum absolute atomic E-state index is 8.45. The highest BCUT2D eigenvalue weighted by Crippen LogP contribution is 2.15. The van der Waals surface area contributed by atoms with Gasteiger partial charge in [-0.15, -0.1) is 0 Å². The molecule has 1 aromatic heterocycles. The van der Waals surface area contributed by atoms with Crippen LogP contribution in [0.15, 0.2) is 5.38 Å². The van der Waals surface area contributed by atoms with Gasteiger partial charge in [-0.25, -0.2) is 0 Å². The van der Waals surface area contributed by atoms with E-state index in [-0.39, 0.29) is 6.61 Å². The zero-order valence-corrected chi connectivity index (χ0v) is 7.52. The van der Waals surface area contributed by atoms with Gasteiger partial charge in [0.1, 0.15) is 5.69 Å². The molecule has 0 spiro atoms. The molecule has 1 rings (SSSR count). The topological polar surface area (TPSA) is 42.4 Å². The Labute approximate surface area is 75.0 Å². The van der Waals surface area contributed by atoms with Crippen molar-refractivity contribution in [1.29, 1.82) is 0 Å². The number of aliphatic hydroxyl groups is 1. The molecule has 3 nitrogen and oxygen atoms in total. The highest BCUT2D eigenvalue weighted by atomic mass is 32.1. The quantitative estimate of drug-likeness (QED) is 0.692. The highest BCUT2D eigenvalue weighted by Gasteiger charge is 1.96. The van der Waals surface area contributed by atoms with Crippen molar-refractivity contribution in [2.45, 2.75) is 6.42 Å². The molecule has 0 aromatic carbocycles. The van der Waals surface area contributed by atoms with E-state index in [9.17, 15) is 0 Å². The molecule has 0 aliphatic heterocycles. The Kier molecular flexibility index (Phi) is 3.58. The maximum atomic E-state index is 8.45. The predicted molar refractivity (Wildman–Crippen MR) is 47.2 cm³/mol. The second-order valence-corrected chi connectivity index (χ2v) is 2.80. The summed E-state index contributed by atoms with van der Waals surface area (Å²) in [5.74, 6) is 5.59. The first-order chi connectivity index (χ1) is 5.86. The smallest absolute Gasteiger partial charge is 0.274 e. The summed E-state index contributed by atoms with van der Waals surface area (Å²) < 4.78 is 4.89. The van der Waals surface area contributed by atoms with Gasteiger partial charge in [0.15, 0.2) is 0 Å². The summed E-state index contributed by atoms with van der Waals surface area (Å²) in [5.41, 5.74) is 0.699. The lowest BCUT2D eigenvalue weighted by Crippen LogP contribution is -1.81. The zero-order chi connectivity index (χ0) is 8.81. The van der Waals surface area contributed by atoms with Crippen LogP contribution in [0.4, 0.5) is 0 Å². The Bertz CT molecular complexity index is 297. The van der Waals surface area contributed by atoms with Crippen LogP contribution in [0.2, 0.25) is 0 Å². The van der Waals surface area contributed by atoms with Gasteiger partial charge in [-0.05, 0) is 5.92 Å². The van der Waals surface area contributed by atoms with E-state index >= 15 is 0 Å². The number of methoxy groups -OCH3 is 1. The molecule has 0 aliphatic carbocycles. The third-order valence-corrected chi connectivity index (χ3v) is 1.91. The Morgan fingerprint density at radius 2 is 2.58 bits per heavy atom. The third kappa shape index (κ3) is 2.53. The van der Waals surface area contributed by atoms with E-state index in [1.807, 2.05) is 5.38 Å². The number of hydrogen-bond acceptors (Lipinski definition) is 4. The van der Waals surface area contributed by atoms with Crippen molar-refractivity contribution in [3.8, 4) is 17.0 Å². The Balaban J connectivity index is 2.59. The average molecular weight is 183 g/mol. The summed E-state index contributed by atoms with van der Waals surface area (Å²) >= 11 is 1.41. The van der Waals surface area contributed by atoms with Gasteiger partial charge in [0.2, 0.25) is 0 Å². The van der Waals surface area contributed by atoms with Crippen molar-refractivity contribution < 1.29 is 9.84 Å². The van der Waals surface area contributed by atoms with Crippen molar-refractivity contribution in [3.05, 3.63) is 11.1 Å². The molecule has 0 radical (unpaired) electrons. The lowest BCUT2D eigenvalue weighted by Gasteiger charge is -1.85. The SMILES string of the molecule is COc1nc(C#CCCO)cs1. The minimum atomic E-state index is 0.0915. The first kappa shape index (κ1) is 9.04. The van der Waals surface area contributed by atoms with Crippen molar-refractivity contribution in [1.82, 2.24) is 4.98 Å². The summed E-state index contributed by atoms with van der Waals surface area (Å²) in [7, 11) is 1.57. The second kappa shape index (κ2) is 4.75. The van der Waals surface area contributed by atoms with E-state index in [4.69, 9.17) is 9.84 Å². The number of hydrogen-bond donors (Lipinski definition) is 1. The van der Waals surface area contributed by atoms with E-state index in [1.165, 1.54) is 11.3 Å². The minimum absolute atomic E-state index is 0.0915. The number of aromatic nitrogens is 1. The largest absolute Gasteiger partial charge is 0.473 e. The molecule has 0 saturated carbocycles. The first-order valence-corrected chi connectivity index (χ1v) is 4.34. The van der Waals surface area contributed by atoms with Crippen LogP contribution in [0.5, 0.6) is 5.19 Å². The molecule has 1 heterocycles. The van der Waals surface area contributed by atoms with E-state index in [1.54, 1.807) is 7.11 Å². The van der Waals surface area contributed by atoms with Crippen LogP contribution < -0.4 is 4.74 Å². The molecule has 0 fully saturated rings. The van der Waals surface area contributed by atoms with Gasteiger partial charge in [-0.3, -0.25) is 0 Å². The molecule has 0 bridgehead atoms. The standard InChI is InChI=1S/C8H9NO2S/c1-11-8-9-7(6-12-8)4-2-3-5-10/h6,10H,3,5H2,1H3. The number of aliphatic hydroxyl groups excluding tert-OH is 1. The molecule has 12 heavy (non-hydrogen) atoms. The summed E-state index contributed by atoms with van der Waals surface area (Å²) in [6, 6.07) is 0. The van der Waals surface area contributed by atoms with Crippen molar-refractivity contribution in [3.63, 3.8) is 0 Å². The second-order valence-electron chi connectivity index (χ2n) is 1.98. The fourth-order valence-corrected chi connectivity index (χ4v) is 1.19. The lowest BCUT2D eigenvalue weighted by molar-refractivity contribution is 0.305. The normalized spacial score (nSPS) is 8.83. The fraction of sp³-hybridized carbons (Fsp3) is 0.375. The minimum Gasteiger partial charge on any atom is -0.473 e. The van der Waals surface area contributed by atoms with Gasteiger partial charge < -0.3 is 9.84 Å². The lowest BCUT2D eigenvalue weighted by atomic mass is 10.4. The van der Waals surface area contributed by atoms with E-state index < -0.39 is 0 Å². The van der Waals surface area contributed by atoms with E-state index in [0.717, 1.165) is 0 Å². The van der Waals surface area contributed by atoms with Gasteiger partial charge >= 0.3 is 0 Å². The molecule has 1 aromatic rings. The Morgan fingerprint density at radius 1 is 1.75 bits per heavy atom. The average Bonchev–Trinajstić information content (AvgIpc) is 2.53. The molecule has 64 valence electrons. The zero-order valence-electron chi connectivity index (χ0n) is 6.70. The molecule has 0 saturated heterocycles. The van der Waals surface area contributed by atoms with Crippen LogP contribution in [-0.4, -0.2) is 23.8 Å². The number of nitrogens with zero attached hydrogens (tertiary/aromatic N) is 1. The van der Waals surface area contributed by atoms with Crippen LogP contribution in [0, 0.1) is 11.8 Å². The van der Waals surface area contributed by atoms with Gasteiger partial charge in [-0.1, -0.05) is 17.3 Å². The van der Waals surface area contributed by atoms with Gasteiger partial charge in [0, 0.05) is 11.8 Å². The maximum Gasteiger partial charge on any atom is 0.274 e. The van der Waals surface area contributed by atoms with E-state index in [2.05, 4.69) is 16.8 Å². The molecular formula is C8H9NO2S. The van der Waals surface area contributed by atoms with Crippen molar-refractivity contribution >= 4 is 11.3 Å². The molecule has 0 unspecified atom stereocenters. The monoisotopic (exact) mass is 183 g/mol. The van der Waals surface area contributed by atoms with Crippen LogP contribution in [0.3, 0.4) is 0 Å². The number of rotatable bonds is 2. The summed E-state index contributed by atoms with van der Waals surface area (Å²) in [4.78, 5) is 4.04. The molecule has 1 N–H and O–H groups in total.